The zero-order valence-corrected chi connectivity index (χ0v) is 15.3. The Kier molecular flexibility index (Phi) is 4.35. The van der Waals surface area contributed by atoms with Gasteiger partial charge in [-0.3, -0.25) is 0 Å². The smallest absolute Gasteiger partial charge is 0.133 e. The summed E-state index contributed by atoms with van der Waals surface area (Å²) in [5.41, 5.74) is -0.793. The zero-order chi connectivity index (χ0) is 15.9. The van der Waals surface area contributed by atoms with E-state index in [0.717, 1.165) is 28.1 Å². The number of rotatable bonds is 4. The summed E-state index contributed by atoms with van der Waals surface area (Å²) in [4.78, 5) is 4.76. The molecule has 4 heteroatoms. The van der Waals surface area contributed by atoms with E-state index in [1.807, 2.05) is 0 Å². The molecular weight excluding hydrogens is 322 g/mol. The number of hydrogen-bond donors (Lipinski definition) is 1. The molecule has 1 aliphatic carbocycles. The molecule has 3 heterocycles. The van der Waals surface area contributed by atoms with Crippen molar-refractivity contribution in [1.29, 1.82) is 0 Å². The Morgan fingerprint density at radius 2 is 1.87 bits per heavy atom. The molecule has 0 aromatic carbocycles. The summed E-state index contributed by atoms with van der Waals surface area (Å²) in [6.07, 6.45) is 6.12. The maximum atomic E-state index is 11.6. The highest BCUT2D eigenvalue weighted by atomic mass is 32.1. The predicted octanol–water partition coefficient (Wildman–Crippen LogP) is 4.56. The molecule has 2 aromatic rings. The number of fused-ring (bicyclic) bond motifs is 1. The second-order valence-electron chi connectivity index (χ2n) is 7.31. The van der Waals surface area contributed by atoms with Crippen LogP contribution in [0.25, 0.3) is 0 Å². The first-order chi connectivity index (χ1) is 11.2. The molecule has 23 heavy (non-hydrogen) atoms. The molecule has 0 radical (unpaired) electrons. The van der Waals surface area contributed by atoms with Crippen LogP contribution in [0.1, 0.15) is 41.9 Å². The Hall–Kier alpha value is -0.680. The minimum atomic E-state index is -0.793. The van der Waals surface area contributed by atoms with Gasteiger partial charge in [-0.1, -0.05) is 12.1 Å². The van der Waals surface area contributed by atoms with E-state index in [1.54, 1.807) is 22.7 Å². The first-order valence-electron chi connectivity index (χ1n) is 8.67. The minimum absolute atomic E-state index is 0.625. The van der Waals surface area contributed by atoms with Crippen LogP contribution in [0.2, 0.25) is 0 Å². The summed E-state index contributed by atoms with van der Waals surface area (Å²) in [6, 6.07) is 9.04. The zero-order valence-electron chi connectivity index (χ0n) is 13.6. The van der Waals surface area contributed by atoms with Crippen LogP contribution in [0, 0.1) is 11.8 Å². The molecule has 4 rings (SSSR count). The van der Waals surface area contributed by atoms with Crippen LogP contribution in [-0.4, -0.2) is 29.6 Å². The summed E-state index contributed by atoms with van der Waals surface area (Å²) in [5.74, 6) is 1.47. The Labute approximate surface area is 146 Å². The number of thiophene rings is 2. The molecule has 0 bridgehead atoms. The van der Waals surface area contributed by atoms with Gasteiger partial charge < -0.3 is 10.0 Å². The van der Waals surface area contributed by atoms with E-state index in [-0.39, 0.29) is 0 Å². The molecule has 1 N–H and O–H groups in total. The van der Waals surface area contributed by atoms with E-state index in [0.29, 0.717) is 5.92 Å². The van der Waals surface area contributed by atoms with Crippen molar-refractivity contribution in [2.45, 2.75) is 43.7 Å². The first kappa shape index (κ1) is 15.8. The molecule has 2 aromatic heterocycles. The molecule has 0 amide bonds. The highest BCUT2D eigenvalue weighted by molar-refractivity contribution is 7.11. The Balaban J connectivity index is 1.58. The predicted molar refractivity (Wildman–Crippen MR) is 98.1 cm³/mol. The van der Waals surface area contributed by atoms with Crippen molar-refractivity contribution >= 4 is 22.7 Å². The number of nitrogens with zero attached hydrogens (tertiary/aromatic N) is 1. The summed E-state index contributed by atoms with van der Waals surface area (Å²) >= 11 is 3.37. The van der Waals surface area contributed by atoms with Crippen LogP contribution in [0.5, 0.6) is 0 Å². The Morgan fingerprint density at radius 3 is 2.43 bits per heavy atom. The lowest BCUT2D eigenvalue weighted by Crippen LogP contribution is -2.39. The lowest BCUT2D eigenvalue weighted by Gasteiger charge is -2.34. The van der Waals surface area contributed by atoms with Crippen LogP contribution in [-0.2, 0) is 5.60 Å². The van der Waals surface area contributed by atoms with Crippen molar-refractivity contribution in [1.82, 2.24) is 4.90 Å². The average Bonchev–Trinajstić information content (AvgIpc) is 3.29. The van der Waals surface area contributed by atoms with Crippen LogP contribution < -0.4 is 0 Å². The van der Waals surface area contributed by atoms with Crippen LogP contribution in [0.15, 0.2) is 35.0 Å². The van der Waals surface area contributed by atoms with E-state index < -0.39 is 5.60 Å². The highest BCUT2D eigenvalue weighted by Gasteiger charge is 2.43. The standard InChI is InChI=1S/C19H25NOS2/c1-20-8-2-5-15-11-14(12-16(15)20)13-19(21,17-6-3-9-22-17)18-7-4-10-23-18/h3-4,6-7,9-10,14-16,21H,2,5,8,11-13H2,1H3. The van der Waals surface area contributed by atoms with Gasteiger partial charge in [-0.2, -0.15) is 0 Å². The molecular formula is C19H25NOS2. The topological polar surface area (TPSA) is 23.5 Å². The third-order valence-corrected chi connectivity index (χ3v) is 7.89. The first-order valence-corrected chi connectivity index (χ1v) is 10.4. The number of hydrogen-bond acceptors (Lipinski definition) is 4. The largest absolute Gasteiger partial charge is 0.379 e. The fourth-order valence-corrected chi connectivity index (χ4v) is 6.53. The van der Waals surface area contributed by atoms with Gasteiger partial charge in [-0.25, -0.2) is 0 Å². The maximum absolute atomic E-state index is 11.6. The normalized spacial score (nSPS) is 28.9. The molecule has 2 fully saturated rings. The van der Waals surface area contributed by atoms with E-state index in [9.17, 15) is 5.11 Å². The molecule has 3 atom stereocenters. The monoisotopic (exact) mass is 347 g/mol. The van der Waals surface area contributed by atoms with Crippen molar-refractivity contribution in [2.24, 2.45) is 11.8 Å². The molecule has 2 aliphatic rings. The van der Waals surface area contributed by atoms with Gasteiger partial charge in [0.25, 0.3) is 0 Å². The fraction of sp³-hybridized carbons (Fsp3) is 0.579. The van der Waals surface area contributed by atoms with Gasteiger partial charge in [0.15, 0.2) is 0 Å². The summed E-state index contributed by atoms with van der Waals surface area (Å²) in [6.45, 7) is 1.24. The van der Waals surface area contributed by atoms with Gasteiger partial charge in [0.05, 0.1) is 0 Å². The summed E-state index contributed by atoms with van der Waals surface area (Å²) in [5, 5.41) is 15.8. The van der Waals surface area contributed by atoms with E-state index in [1.165, 1.54) is 32.2 Å². The van der Waals surface area contributed by atoms with Crippen molar-refractivity contribution in [3.05, 3.63) is 44.8 Å². The second-order valence-corrected chi connectivity index (χ2v) is 9.20. The Bertz CT molecular complexity index is 588. The fourth-order valence-electron chi connectivity index (χ4n) is 4.77. The maximum Gasteiger partial charge on any atom is 0.133 e. The van der Waals surface area contributed by atoms with Gasteiger partial charge in [0, 0.05) is 15.8 Å². The molecule has 1 saturated heterocycles. The number of piperidine rings is 1. The van der Waals surface area contributed by atoms with E-state index in [2.05, 4.69) is 47.0 Å². The minimum Gasteiger partial charge on any atom is -0.379 e. The van der Waals surface area contributed by atoms with E-state index >= 15 is 0 Å². The summed E-state index contributed by atoms with van der Waals surface area (Å²) < 4.78 is 0. The van der Waals surface area contributed by atoms with Gasteiger partial charge in [0.1, 0.15) is 5.60 Å². The van der Waals surface area contributed by atoms with Gasteiger partial charge in [0.2, 0.25) is 0 Å². The third-order valence-electron chi connectivity index (χ3n) is 5.85. The third kappa shape index (κ3) is 2.91. The number of aliphatic hydroxyl groups is 1. The molecule has 0 spiro atoms. The second kappa shape index (κ2) is 6.32. The molecule has 1 saturated carbocycles. The van der Waals surface area contributed by atoms with Gasteiger partial charge in [-0.05, 0) is 80.4 Å². The van der Waals surface area contributed by atoms with Crippen molar-refractivity contribution in [3.63, 3.8) is 0 Å². The van der Waals surface area contributed by atoms with Crippen molar-refractivity contribution in [3.8, 4) is 0 Å². The van der Waals surface area contributed by atoms with Gasteiger partial charge >= 0.3 is 0 Å². The van der Waals surface area contributed by atoms with Gasteiger partial charge in [-0.15, -0.1) is 22.7 Å². The lowest BCUT2D eigenvalue weighted by atomic mass is 9.86. The highest BCUT2D eigenvalue weighted by Crippen LogP contribution is 2.47. The lowest BCUT2D eigenvalue weighted by molar-refractivity contribution is 0.0588. The average molecular weight is 348 g/mol. The van der Waals surface area contributed by atoms with Crippen LogP contribution in [0.3, 0.4) is 0 Å². The number of likely N-dealkylation sites (tertiary alicyclic amines) is 1. The van der Waals surface area contributed by atoms with Crippen LogP contribution >= 0.6 is 22.7 Å². The molecule has 2 nitrogen and oxygen atoms in total. The molecule has 1 aliphatic heterocycles. The Morgan fingerprint density at radius 1 is 1.17 bits per heavy atom. The summed E-state index contributed by atoms with van der Waals surface area (Å²) in [7, 11) is 2.28. The SMILES string of the molecule is CN1CCCC2CC(CC(O)(c3cccs3)c3cccs3)CC21. The molecule has 124 valence electrons. The van der Waals surface area contributed by atoms with Crippen molar-refractivity contribution in [2.75, 3.05) is 13.6 Å². The molecule has 3 unspecified atom stereocenters. The quantitative estimate of drug-likeness (QED) is 0.876. The van der Waals surface area contributed by atoms with Crippen LogP contribution in [0.4, 0.5) is 0 Å². The van der Waals surface area contributed by atoms with E-state index in [4.69, 9.17) is 0 Å². The van der Waals surface area contributed by atoms with Crippen molar-refractivity contribution < 1.29 is 5.11 Å².